The first-order chi connectivity index (χ1) is 10.1. The predicted octanol–water partition coefficient (Wildman–Crippen LogP) is 3.04. The predicted molar refractivity (Wildman–Crippen MR) is 81.7 cm³/mol. The summed E-state index contributed by atoms with van der Waals surface area (Å²) in [7, 11) is 0. The highest BCUT2D eigenvalue weighted by Gasteiger charge is 2.12. The number of nitrogens with one attached hydrogen (secondary N) is 1. The van der Waals surface area contributed by atoms with Crippen molar-refractivity contribution in [1.82, 2.24) is 0 Å². The van der Waals surface area contributed by atoms with Crippen LogP contribution in [0.25, 0.3) is 0 Å². The summed E-state index contributed by atoms with van der Waals surface area (Å²) in [5.74, 6) is 4.43. The molecule has 0 spiro atoms. The molecule has 0 saturated carbocycles. The van der Waals surface area contributed by atoms with Crippen LogP contribution in [0.4, 0.5) is 10.1 Å². The molecular formula is C16H12ClFN2O. The minimum atomic E-state index is -0.510. The molecule has 3 N–H and O–H groups in total. The maximum atomic E-state index is 13.4. The third-order valence-electron chi connectivity index (χ3n) is 2.63. The molecule has 2 aromatic carbocycles. The molecule has 106 valence electrons. The summed E-state index contributed by atoms with van der Waals surface area (Å²) < 4.78 is 13.4. The van der Waals surface area contributed by atoms with Gasteiger partial charge >= 0.3 is 0 Å². The van der Waals surface area contributed by atoms with E-state index in [0.717, 1.165) is 6.07 Å². The summed E-state index contributed by atoms with van der Waals surface area (Å²) in [4.78, 5) is 12.2. The number of halogens is 2. The molecule has 0 bridgehead atoms. The van der Waals surface area contributed by atoms with E-state index < -0.39 is 11.7 Å². The largest absolute Gasteiger partial charge is 0.322 e. The van der Waals surface area contributed by atoms with Crippen molar-refractivity contribution < 1.29 is 9.18 Å². The van der Waals surface area contributed by atoms with Crippen molar-refractivity contribution in [3.63, 3.8) is 0 Å². The van der Waals surface area contributed by atoms with Crippen LogP contribution < -0.4 is 11.1 Å². The Morgan fingerprint density at radius 3 is 2.81 bits per heavy atom. The van der Waals surface area contributed by atoms with Gasteiger partial charge in [-0.1, -0.05) is 29.5 Å². The van der Waals surface area contributed by atoms with Crippen molar-refractivity contribution >= 4 is 23.2 Å². The van der Waals surface area contributed by atoms with Crippen LogP contribution in [0.1, 0.15) is 15.9 Å². The van der Waals surface area contributed by atoms with E-state index in [4.69, 9.17) is 17.3 Å². The Hall–Kier alpha value is -2.35. The fourth-order valence-electron chi connectivity index (χ4n) is 1.72. The summed E-state index contributed by atoms with van der Waals surface area (Å²) >= 11 is 5.85. The number of benzene rings is 2. The molecule has 0 atom stereocenters. The summed E-state index contributed by atoms with van der Waals surface area (Å²) in [5, 5.41) is 3.15. The van der Waals surface area contributed by atoms with Crippen molar-refractivity contribution in [3.8, 4) is 11.8 Å². The standard InChI is InChI=1S/C16H12ClFN2O/c17-12-4-1-5-14(9-12)20-16(21)15-10-13(18)7-6-11(15)3-2-8-19/h1,4-7,9-10H,8,19H2,(H,20,21). The molecule has 0 aliphatic rings. The van der Waals surface area contributed by atoms with Crippen LogP contribution in [0.2, 0.25) is 5.02 Å². The van der Waals surface area contributed by atoms with E-state index in [9.17, 15) is 9.18 Å². The second kappa shape index (κ2) is 6.89. The van der Waals surface area contributed by atoms with Crippen molar-refractivity contribution in [1.29, 1.82) is 0 Å². The fraction of sp³-hybridized carbons (Fsp3) is 0.0625. The average molecular weight is 303 g/mol. The summed E-state index contributed by atoms with van der Waals surface area (Å²) in [6.45, 7) is 0.159. The van der Waals surface area contributed by atoms with Crippen molar-refractivity contribution in [2.45, 2.75) is 0 Å². The molecule has 0 heterocycles. The number of hydrogen-bond acceptors (Lipinski definition) is 2. The molecule has 0 radical (unpaired) electrons. The number of nitrogens with two attached hydrogens (primary N) is 1. The highest BCUT2D eigenvalue weighted by Crippen LogP contribution is 2.17. The molecule has 21 heavy (non-hydrogen) atoms. The third kappa shape index (κ3) is 4.06. The highest BCUT2D eigenvalue weighted by molar-refractivity contribution is 6.31. The minimum absolute atomic E-state index is 0.149. The van der Waals surface area contributed by atoms with Crippen molar-refractivity contribution in [2.75, 3.05) is 11.9 Å². The average Bonchev–Trinajstić information content (AvgIpc) is 2.46. The second-order valence-electron chi connectivity index (χ2n) is 4.16. The van der Waals surface area contributed by atoms with Crippen LogP contribution in [0.5, 0.6) is 0 Å². The van der Waals surface area contributed by atoms with Crippen LogP contribution in [-0.4, -0.2) is 12.5 Å². The Morgan fingerprint density at radius 1 is 1.29 bits per heavy atom. The molecule has 2 rings (SSSR count). The molecule has 0 fully saturated rings. The van der Waals surface area contributed by atoms with Crippen molar-refractivity contribution in [3.05, 3.63) is 64.4 Å². The Labute approximate surface area is 126 Å². The molecule has 1 amide bonds. The van der Waals surface area contributed by atoms with E-state index in [1.165, 1.54) is 12.1 Å². The first-order valence-corrected chi connectivity index (χ1v) is 6.53. The first kappa shape index (κ1) is 15.0. The van der Waals surface area contributed by atoms with E-state index in [-0.39, 0.29) is 12.1 Å². The summed E-state index contributed by atoms with van der Waals surface area (Å²) in [6, 6.07) is 10.5. The molecule has 0 aromatic heterocycles. The van der Waals surface area contributed by atoms with Crippen LogP contribution >= 0.6 is 11.6 Å². The molecule has 3 nitrogen and oxygen atoms in total. The minimum Gasteiger partial charge on any atom is -0.322 e. The number of anilines is 1. The van der Waals surface area contributed by atoms with Gasteiger partial charge in [-0.3, -0.25) is 4.79 Å². The Morgan fingerprint density at radius 2 is 2.10 bits per heavy atom. The molecular weight excluding hydrogens is 291 g/mol. The van der Waals surface area contributed by atoms with Gasteiger partial charge in [0.15, 0.2) is 0 Å². The van der Waals surface area contributed by atoms with E-state index in [1.807, 2.05) is 0 Å². The number of hydrogen-bond donors (Lipinski definition) is 2. The van der Waals surface area contributed by atoms with Gasteiger partial charge in [0.25, 0.3) is 5.91 Å². The summed E-state index contributed by atoms with van der Waals surface area (Å²) in [6.07, 6.45) is 0. The van der Waals surface area contributed by atoms with Gasteiger partial charge in [0.1, 0.15) is 5.82 Å². The van der Waals surface area contributed by atoms with Gasteiger partial charge in [-0.2, -0.15) is 0 Å². The lowest BCUT2D eigenvalue weighted by Crippen LogP contribution is -2.14. The van der Waals surface area contributed by atoms with Gasteiger partial charge in [0.2, 0.25) is 0 Å². The number of rotatable bonds is 2. The lowest BCUT2D eigenvalue weighted by molar-refractivity contribution is 0.102. The lowest BCUT2D eigenvalue weighted by atomic mass is 10.1. The van der Waals surface area contributed by atoms with E-state index in [1.54, 1.807) is 24.3 Å². The van der Waals surface area contributed by atoms with Crippen LogP contribution in [0, 0.1) is 17.7 Å². The molecule has 5 heteroatoms. The maximum absolute atomic E-state index is 13.4. The molecule has 0 aliphatic heterocycles. The zero-order chi connectivity index (χ0) is 15.2. The van der Waals surface area contributed by atoms with Gasteiger partial charge in [-0.15, -0.1) is 0 Å². The smallest absolute Gasteiger partial charge is 0.257 e. The molecule has 0 unspecified atom stereocenters. The van der Waals surface area contributed by atoms with Crippen molar-refractivity contribution in [2.24, 2.45) is 5.73 Å². The van der Waals surface area contributed by atoms with Crippen LogP contribution in [0.3, 0.4) is 0 Å². The van der Waals surface area contributed by atoms with Crippen LogP contribution in [-0.2, 0) is 0 Å². The van der Waals surface area contributed by atoms with Gasteiger partial charge in [-0.05, 0) is 36.4 Å². The lowest BCUT2D eigenvalue weighted by Gasteiger charge is -2.07. The van der Waals surface area contributed by atoms with Gasteiger partial charge in [-0.25, -0.2) is 4.39 Å². The zero-order valence-corrected chi connectivity index (χ0v) is 11.7. The highest BCUT2D eigenvalue weighted by atomic mass is 35.5. The number of amides is 1. The monoisotopic (exact) mass is 302 g/mol. The SMILES string of the molecule is NCC#Cc1ccc(F)cc1C(=O)Nc1cccc(Cl)c1. The van der Waals surface area contributed by atoms with Gasteiger partial charge in [0.05, 0.1) is 12.1 Å². The molecule has 0 saturated heterocycles. The fourth-order valence-corrected chi connectivity index (χ4v) is 1.91. The van der Waals surface area contributed by atoms with E-state index in [0.29, 0.717) is 16.3 Å². The summed E-state index contributed by atoms with van der Waals surface area (Å²) in [5.41, 5.74) is 6.40. The first-order valence-electron chi connectivity index (χ1n) is 6.15. The Bertz CT molecular complexity index is 735. The number of carbonyl (C=O) groups excluding carboxylic acids is 1. The van der Waals surface area contributed by atoms with Gasteiger partial charge in [0, 0.05) is 16.3 Å². The normalized spacial score (nSPS) is 9.67. The molecule has 0 aliphatic carbocycles. The van der Waals surface area contributed by atoms with E-state index in [2.05, 4.69) is 17.2 Å². The van der Waals surface area contributed by atoms with Gasteiger partial charge < -0.3 is 11.1 Å². The Kier molecular flexibility index (Phi) is 4.94. The Balaban J connectivity index is 2.32. The topological polar surface area (TPSA) is 55.1 Å². The quantitative estimate of drug-likeness (QED) is 0.838. The zero-order valence-electron chi connectivity index (χ0n) is 11.0. The van der Waals surface area contributed by atoms with Crippen LogP contribution in [0.15, 0.2) is 42.5 Å². The number of carbonyl (C=O) groups is 1. The van der Waals surface area contributed by atoms with E-state index >= 15 is 0 Å². The third-order valence-corrected chi connectivity index (χ3v) is 2.87. The maximum Gasteiger partial charge on any atom is 0.257 e. The second-order valence-corrected chi connectivity index (χ2v) is 4.60. The molecule has 2 aromatic rings.